The zero-order valence-electron chi connectivity index (χ0n) is 18.9. The number of halogens is 4. The van der Waals surface area contributed by atoms with E-state index in [1.54, 1.807) is 18.5 Å². The second-order valence-corrected chi connectivity index (χ2v) is 8.73. The summed E-state index contributed by atoms with van der Waals surface area (Å²) in [5.74, 6) is 0.185. The van der Waals surface area contributed by atoms with Gasteiger partial charge in [0.15, 0.2) is 0 Å². The molecule has 0 radical (unpaired) electrons. The van der Waals surface area contributed by atoms with Crippen molar-refractivity contribution in [2.24, 2.45) is 5.73 Å². The smallest absolute Gasteiger partial charge is 0.368 e. The Balaban J connectivity index is 1.72. The molecule has 1 saturated heterocycles. The highest BCUT2D eigenvalue weighted by Gasteiger charge is 2.39. The van der Waals surface area contributed by atoms with Crippen molar-refractivity contribution in [1.29, 1.82) is 0 Å². The van der Waals surface area contributed by atoms with E-state index in [-0.39, 0.29) is 5.91 Å². The summed E-state index contributed by atoms with van der Waals surface area (Å²) in [5, 5.41) is 3.56. The lowest BCUT2D eigenvalue weighted by molar-refractivity contribution is -0.137. The highest BCUT2D eigenvalue weighted by atomic mass is 35.5. The van der Waals surface area contributed by atoms with Gasteiger partial charge in [-0.25, -0.2) is 4.98 Å². The summed E-state index contributed by atoms with van der Waals surface area (Å²) < 4.78 is 39.1. The van der Waals surface area contributed by atoms with Crippen LogP contribution < -0.4 is 16.0 Å². The number of hydrogen-bond acceptors (Lipinski definition) is 6. The molecule has 2 aromatic heterocycles. The van der Waals surface area contributed by atoms with E-state index >= 15 is 0 Å². The number of benzene rings is 1. The maximum Gasteiger partial charge on any atom is 0.416 e. The van der Waals surface area contributed by atoms with Crippen LogP contribution in [0.15, 0.2) is 48.9 Å². The van der Waals surface area contributed by atoms with Crippen molar-refractivity contribution in [2.45, 2.75) is 31.5 Å². The van der Waals surface area contributed by atoms with Gasteiger partial charge >= 0.3 is 6.18 Å². The van der Waals surface area contributed by atoms with Gasteiger partial charge in [0, 0.05) is 36.6 Å². The molecule has 1 aromatic carbocycles. The highest BCUT2D eigenvalue weighted by Crippen LogP contribution is 2.36. The van der Waals surface area contributed by atoms with Gasteiger partial charge in [-0.1, -0.05) is 30.7 Å². The summed E-state index contributed by atoms with van der Waals surface area (Å²) in [4.78, 5) is 27.5. The van der Waals surface area contributed by atoms with Crippen molar-refractivity contribution in [3.63, 3.8) is 0 Å². The number of carbonyl (C=O) groups is 1. The summed E-state index contributed by atoms with van der Waals surface area (Å²) in [6, 6.07) is 6.44. The number of nitrogens with zero attached hydrogens (tertiary/aromatic N) is 4. The van der Waals surface area contributed by atoms with E-state index in [0.29, 0.717) is 65.8 Å². The fourth-order valence-corrected chi connectivity index (χ4v) is 4.49. The van der Waals surface area contributed by atoms with Crippen molar-refractivity contribution in [1.82, 2.24) is 20.3 Å². The third-order valence-electron chi connectivity index (χ3n) is 6.20. The third kappa shape index (κ3) is 5.08. The van der Waals surface area contributed by atoms with Crippen molar-refractivity contribution in [3.05, 3.63) is 59.5 Å². The number of amides is 1. The summed E-state index contributed by atoms with van der Waals surface area (Å²) >= 11 is 6.40. The minimum atomic E-state index is -4.44. The molecular weight excluding hydrogens is 481 g/mol. The Labute approximate surface area is 205 Å². The van der Waals surface area contributed by atoms with E-state index < -0.39 is 17.3 Å². The topological polar surface area (TPSA) is 97.0 Å². The minimum Gasteiger partial charge on any atom is -0.368 e. The molecule has 3 N–H and O–H groups in total. The number of rotatable bonds is 6. The fraction of sp³-hybridized carbons (Fsp3) is 0.333. The van der Waals surface area contributed by atoms with E-state index in [9.17, 15) is 18.0 Å². The molecule has 1 aliphatic heterocycles. The van der Waals surface area contributed by atoms with Crippen LogP contribution in [0.2, 0.25) is 5.02 Å². The highest BCUT2D eigenvalue weighted by molar-refractivity contribution is 6.33. The van der Waals surface area contributed by atoms with Crippen molar-refractivity contribution in [2.75, 3.05) is 24.5 Å². The van der Waals surface area contributed by atoms with Gasteiger partial charge in [-0.05, 0) is 37.6 Å². The van der Waals surface area contributed by atoms with Gasteiger partial charge in [-0.2, -0.15) is 13.2 Å². The summed E-state index contributed by atoms with van der Waals surface area (Å²) in [7, 11) is 0. The first-order valence-corrected chi connectivity index (χ1v) is 11.5. The molecule has 184 valence electrons. The monoisotopic (exact) mass is 504 g/mol. The van der Waals surface area contributed by atoms with Gasteiger partial charge in [-0.15, -0.1) is 0 Å². The van der Waals surface area contributed by atoms with Gasteiger partial charge in [0.1, 0.15) is 17.1 Å². The Kier molecular flexibility index (Phi) is 6.95. The Morgan fingerprint density at radius 2 is 1.83 bits per heavy atom. The number of anilines is 1. The van der Waals surface area contributed by atoms with E-state index in [2.05, 4.69) is 15.3 Å². The second kappa shape index (κ2) is 9.79. The van der Waals surface area contributed by atoms with Crippen molar-refractivity contribution >= 4 is 23.3 Å². The van der Waals surface area contributed by atoms with Crippen LogP contribution in [0.25, 0.3) is 22.5 Å². The molecule has 3 heterocycles. The second-order valence-electron chi connectivity index (χ2n) is 8.32. The van der Waals surface area contributed by atoms with Gasteiger partial charge in [0.25, 0.3) is 0 Å². The number of piperidine rings is 1. The van der Waals surface area contributed by atoms with Crippen LogP contribution in [0, 0.1) is 0 Å². The molecule has 0 aliphatic carbocycles. The molecule has 4 rings (SSSR count). The van der Waals surface area contributed by atoms with E-state index in [4.69, 9.17) is 22.3 Å². The Morgan fingerprint density at radius 3 is 2.40 bits per heavy atom. The maximum atomic E-state index is 13.0. The lowest BCUT2D eigenvalue weighted by Gasteiger charge is -2.40. The van der Waals surface area contributed by atoms with E-state index in [1.165, 1.54) is 18.3 Å². The largest absolute Gasteiger partial charge is 0.416 e. The molecule has 0 spiro atoms. The minimum absolute atomic E-state index is 0.339. The van der Waals surface area contributed by atoms with Crippen LogP contribution >= 0.6 is 11.6 Å². The van der Waals surface area contributed by atoms with E-state index in [0.717, 1.165) is 12.1 Å². The molecular formula is C24H24ClF3N6O. The SMILES string of the molecule is CCNC1(C(N)=O)CCN(c2cnc(-c3ccc(C(F)(F)F)cc3)c(-c3ccncc3Cl)n2)CC1. The zero-order valence-corrected chi connectivity index (χ0v) is 19.7. The first-order chi connectivity index (χ1) is 16.6. The van der Waals surface area contributed by atoms with Gasteiger partial charge in [0.05, 0.1) is 22.5 Å². The Morgan fingerprint density at radius 1 is 1.14 bits per heavy atom. The normalized spacial score (nSPS) is 15.7. The van der Waals surface area contributed by atoms with Crippen LogP contribution in [-0.4, -0.2) is 46.0 Å². The molecule has 1 aliphatic rings. The molecule has 1 fully saturated rings. The molecule has 0 bridgehead atoms. The predicted octanol–water partition coefficient (Wildman–Crippen LogP) is 4.31. The molecule has 0 atom stereocenters. The zero-order chi connectivity index (χ0) is 25.2. The van der Waals surface area contributed by atoms with Crippen LogP contribution in [-0.2, 0) is 11.0 Å². The number of primary amides is 1. The molecule has 3 aromatic rings. The lowest BCUT2D eigenvalue weighted by atomic mass is 9.86. The van der Waals surface area contributed by atoms with Crippen LogP contribution in [0.4, 0.5) is 19.0 Å². The Bertz CT molecular complexity index is 1210. The van der Waals surface area contributed by atoms with E-state index in [1.807, 2.05) is 11.8 Å². The first-order valence-electron chi connectivity index (χ1n) is 11.1. The molecule has 0 saturated carbocycles. The van der Waals surface area contributed by atoms with Crippen LogP contribution in [0.5, 0.6) is 0 Å². The average molecular weight is 505 g/mol. The number of nitrogens with two attached hydrogens (primary N) is 1. The van der Waals surface area contributed by atoms with Gasteiger partial charge in [0.2, 0.25) is 5.91 Å². The average Bonchev–Trinajstić information content (AvgIpc) is 2.84. The maximum absolute atomic E-state index is 13.0. The number of aromatic nitrogens is 3. The predicted molar refractivity (Wildman–Crippen MR) is 128 cm³/mol. The Hall–Kier alpha value is -3.24. The number of hydrogen-bond donors (Lipinski definition) is 2. The van der Waals surface area contributed by atoms with Gasteiger partial charge < -0.3 is 16.0 Å². The molecule has 7 nitrogen and oxygen atoms in total. The van der Waals surface area contributed by atoms with Crippen molar-refractivity contribution < 1.29 is 18.0 Å². The number of pyridine rings is 1. The molecule has 1 amide bonds. The van der Waals surface area contributed by atoms with Crippen molar-refractivity contribution in [3.8, 4) is 22.5 Å². The first kappa shape index (κ1) is 24.9. The van der Waals surface area contributed by atoms with Crippen LogP contribution in [0.3, 0.4) is 0 Å². The quantitative estimate of drug-likeness (QED) is 0.519. The third-order valence-corrected chi connectivity index (χ3v) is 6.50. The number of alkyl halides is 3. The molecule has 11 heteroatoms. The van der Waals surface area contributed by atoms with Gasteiger partial charge in [-0.3, -0.25) is 14.8 Å². The number of likely N-dealkylation sites (N-methyl/N-ethyl adjacent to an activating group) is 1. The molecule has 0 unspecified atom stereocenters. The molecule has 35 heavy (non-hydrogen) atoms. The number of nitrogens with one attached hydrogen (secondary N) is 1. The summed E-state index contributed by atoms with van der Waals surface area (Å²) in [5.41, 5.74) is 6.00. The number of carbonyl (C=O) groups excluding carboxylic acids is 1. The lowest BCUT2D eigenvalue weighted by Crippen LogP contribution is -2.61. The van der Waals surface area contributed by atoms with Crippen LogP contribution in [0.1, 0.15) is 25.3 Å². The summed E-state index contributed by atoms with van der Waals surface area (Å²) in [6.07, 6.45) is 1.18. The fourth-order valence-electron chi connectivity index (χ4n) is 4.28. The standard InChI is InChI=1S/C24H24ClF3N6O/c1-2-32-23(22(29)35)8-11-34(12-9-23)19-14-31-20(15-3-5-16(6-4-15)24(26,27)28)21(33-19)17-7-10-30-13-18(17)25/h3-7,10,13-14,32H,2,8-9,11-12H2,1H3,(H2,29,35). The summed E-state index contributed by atoms with van der Waals surface area (Å²) in [6.45, 7) is 3.59.